The lowest BCUT2D eigenvalue weighted by Crippen LogP contribution is -2.18. The smallest absolute Gasteiger partial charge is 0.0843 e. The Kier molecular flexibility index (Phi) is 3.55. The van der Waals surface area contributed by atoms with E-state index in [1.807, 2.05) is 0 Å². The summed E-state index contributed by atoms with van der Waals surface area (Å²) >= 11 is 2.92. The van der Waals surface area contributed by atoms with E-state index >= 15 is 0 Å². The standard InChI is InChI=1S/C2H6ClNO2S/c1-4(2-3)7(5)6/h2H2,1H3,(H,5,6)/p-1. The highest BCUT2D eigenvalue weighted by molar-refractivity contribution is 7.76. The van der Waals surface area contributed by atoms with Gasteiger partial charge in [-0.1, -0.05) is 0 Å². The molecule has 0 aliphatic heterocycles. The second-order valence-electron chi connectivity index (χ2n) is 0.965. The molecule has 0 amide bonds. The molecule has 44 valence electrons. The lowest BCUT2D eigenvalue weighted by atomic mass is 11.3. The summed E-state index contributed by atoms with van der Waals surface area (Å²) in [5.41, 5.74) is 0. The zero-order chi connectivity index (χ0) is 5.86. The Hall–Kier alpha value is 0.360. The highest BCUT2D eigenvalue weighted by Crippen LogP contribution is 1.86. The summed E-state index contributed by atoms with van der Waals surface area (Å²) in [6.45, 7) is 0. The van der Waals surface area contributed by atoms with Crippen LogP contribution in [0.1, 0.15) is 0 Å². The molecule has 0 saturated carbocycles. The van der Waals surface area contributed by atoms with Crippen molar-refractivity contribution in [2.45, 2.75) is 0 Å². The average molecular weight is 143 g/mol. The fraction of sp³-hybridized carbons (Fsp3) is 1.00. The number of hydrogen-bond acceptors (Lipinski definition) is 2. The topological polar surface area (TPSA) is 43.4 Å². The highest BCUT2D eigenvalue weighted by atomic mass is 35.5. The molecule has 0 rings (SSSR count). The van der Waals surface area contributed by atoms with Gasteiger partial charge < -0.3 is 4.55 Å². The van der Waals surface area contributed by atoms with Gasteiger partial charge in [-0.2, -0.15) is 0 Å². The Morgan fingerprint density at radius 1 is 2.00 bits per heavy atom. The van der Waals surface area contributed by atoms with Gasteiger partial charge in [0.05, 0.1) is 6.00 Å². The van der Waals surface area contributed by atoms with Gasteiger partial charge >= 0.3 is 0 Å². The summed E-state index contributed by atoms with van der Waals surface area (Å²) in [7, 11) is 1.39. The molecule has 0 aromatic heterocycles. The number of hydrogen-bond donors (Lipinski definition) is 0. The molecule has 0 aliphatic carbocycles. The number of rotatable bonds is 2. The van der Waals surface area contributed by atoms with E-state index in [2.05, 4.69) is 0 Å². The molecular weight excluding hydrogens is 138 g/mol. The largest absolute Gasteiger partial charge is 0.760 e. The van der Waals surface area contributed by atoms with Crippen molar-refractivity contribution in [2.24, 2.45) is 0 Å². The van der Waals surface area contributed by atoms with E-state index in [9.17, 15) is 8.76 Å². The maximum absolute atomic E-state index is 9.77. The molecule has 1 atom stereocenters. The normalized spacial score (nSPS) is 14.9. The van der Waals surface area contributed by atoms with Crippen LogP contribution in [0.5, 0.6) is 0 Å². The van der Waals surface area contributed by atoms with Crippen molar-refractivity contribution in [3.63, 3.8) is 0 Å². The van der Waals surface area contributed by atoms with Gasteiger partial charge in [0.1, 0.15) is 0 Å². The quantitative estimate of drug-likeness (QED) is 0.307. The van der Waals surface area contributed by atoms with E-state index in [0.717, 1.165) is 4.31 Å². The first-order chi connectivity index (χ1) is 3.18. The molecule has 0 aromatic rings. The van der Waals surface area contributed by atoms with E-state index < -0.39 is 11.3 Å². The minimum atomic E-state index is -2.16. The van der Waals surface area contributed by atoms with Crippen molar-refractivity contribution in [2.75, 3.05) is 13.1 Å². The van der Waals surface area contributed by atoms with Gasteiger partial charge in [-0.3, -0.25) is 4.21 Å². The fourth-order valence-electron chi connectivity index (χ4n) is 0.0398. The third kappa shape index (κ3) is 2.99. The molecule has 0 bridgehead atoms. The fourth-order valence-corrected chi connectivity index (χ4v) is 0.359. The minimum absolute atomic E-state index is 0.0100. The van der Waals surface area contributed by atoms with Crippen molar-refractivity contribution in [1.82, 2.24) is 4.31 Å². The Balaban J connectivity index is 3.34. The second-order valence-corrected chi connectivity index (χ2v) is 2.26. The molecule has 0 fully saturated rings. The Bertz CT molecular complexity index is 78.1. The Morgan fingerprint density at radius 3 is 2.43 bits per heavy atom. The van der Waals surface area contributed by atoms with Crippen LogP contribution < -0.4 is 0 Å². The molecule has 0 aliphatic rings. The van der Waals surface area contributed by atoms with Crippen molar-refractivity contribution in [3.8, 4) is 0 Å². The van der Waals surface area contributed by atoms with Crippen molar-refractivity contribution in [3.05, 3.63) is 0 Å². The summed E-state index contributed by atoms with van der Waals surface area (Å²) in [6, 6.07) is 0.0100. The molecule has 5 heteroatoms. The van der Waals surface area contributed by atoms with Crippen LogP contribution in [-0.2, 0) is 11.3 Å². The van der Waals surface area contributed by atoms with E-state index in [1.54, 1.807) is 0 Å². The SMILES string of the molecule is CN(CCl)S(=O)[O-]. The first-order valence-corrected chi connectivity index (χ1v) is 3.11. The summed E-state index contributed by atoms with van der Waals surface area (Å²) in [5, 5.41) is 0. The molecule has 0 spiro atoms. The van der Waals surface area contributed by atoms with Crippen LogP contribution in [0.3, 0.4) is 0 Å². The summed E-state index contributed by atoms with van der Waals surface area (Å²) < 4.78 is 20.5. The predicted molar refractivity (Wildman–Crippen MR) is 27.4 cm³/mol. The van der Waals surface area contributed by atoms with Crippen LogP contribution in [0.15, 0.2) is 0 Å². The first-order valence-electron chi connectivity index (χ1n) is 1.55. The summed E-state index contributed by atoms with van der Waals surface area (Å²) in [5.74, 6) is 0. The molecule has 0 aromatic carbocycles. The average Bonchev–Trinajstić information content (AvgIpc) is 1.65. The van der Waals surface area contributed by atoms with Crippen molar-refractivity contribution in [1.29, 1.82) is 0 Å². The molecule has 0 heterocycles. The van der Waals surface area contributed by atoms with Crippen LogP contribution in [0.4, 0.5) is 0 Å². The van der Waals surface area contributed by atoms with E-state index in [4.69, 9.17) is 11.6 Å². The molecule has 0 N–H and O–H groups in total. The van der Waals surface area contributed by atoms with Crippen LogP contribution in [0, 0.1) is 0 Å². The van der Waals surface area contributed by atoms with Crippen LogP contribution >= 0.6 is 11.6 Å². The van der Waals surface area contributed by atoms with Crippen LogP contribution in [-0.4, -0.2) is 26.1 Å². The molecule has 0 saturated heterocycles. The van der Waals surface area contributed by atoms with Gasteiger partial charge in [-0.05, 0) is 0 Å². The lowest BCUT2D eigenvalue weighted by molar-refractivity contribution is 0.463. The van der Waals surface area contributed by atoms with Gasteiger partial charge in [-0.15, -0.1) is 11.6 Å². The van der Waals surface area contributed by atoms with Crippen LogP contribution in [0.25, 0.3) is 0 Å². The number of nitrogens with zero attached hydrogens (tertiary/aromatic N) is 1. The molecule has 7 heavy (non-hydrogen) atoms. The Morgan fingerprint density at radius 2 is 2.43 bits per heavy atom. The van der Waals surface area contributed by atoms with Gasteiger partial charge in [0, 0.05) is 18.3 Å². The van der Waals surface area contributed by atoms with E-state index in [0.29, 0.717) is 0 Å². The van der Waals surface area contributed by atoms with Crippen molar-refractivity contribution < 1.29 is 8.76 Å². The minimum Gasteiger partial charge on any atom is -0.760 e. The van der Waals surface area contributed by atoms with E-state index in [1.165, 1.54) is 7.05 Å². The lowest BCUT2D eigenvalue weighted by Gasteiger charge is -2.13. The zero-order valence-corrected chi connectivity index (χ0v) is 5.33. The Labute approximate surface area is 49.7 Å². The number of halogens is 1. The van der Waals surface area contributed by atoms with Crippen molar-refractivity contribution >= 4 is 22.9 Å². The maximum Gasteiger partial charge on any atom is 0.0843 e. The third-order valence-corrected chi connectivity index (χ3v) is 1.56. The predicted octanol–water partition coefficient (Wildman–Crippen LogP) is -0.0914. The number of alkyl halides is 1. The third-order valence-electron chi connectivity index (χ3n) is 0.423. The monoisotopic (exact) mass is 142 g/mol. The molecular formula is C2H5ClNO2S-. The van der Waals surface area contributed by atoms with E-state index in [-0.39, 0.29) is 6.00 Å². The zero-order valence-electron chi connectivity index (χ0n) is 3.76. The highest BCUT2D eigenvalue weighted by Gasteiger charge is 1.88. The van der Waals surface area contributed by atoms with Gasteiger partial charge in [0.25, 0.3) is 0 Å². The maximum atomic E-state index is 9.77. The van der Waals surface area contributed by atoms with Crippen LogP contribution in [0.2, 0.25) is 0 Å². The summed E-state index contributed by atoms with van der Waals surface area (Å²) in [6.07, 6.45) is 0. The van der Waals surface area contributed by atoms with Gasteiger partial charge in [0.15, 0.2) is 0 Å². The first kappa shape index (κ1) is 7.36. The van der Waals surface area contributed by atoms with Gasteiger partial charge in [0.2, 0.25) is 0 Å². The molecule has 1 unspecified atom stereocenters. The second kappa shape index (κ2) is 3.37. The summed E-state index contributed by atoms with van der Waals surface area (Å²) in [4.78, 5) is 0. The molecule has 0 radical (unpaired) electrons. The van der Waals surface area contributed by atoms with Gasteiger partial charge in [-0.25, -0.2) is 4.31 Å². The molecule has 3 nitrogen and oxygen atoms in total.